The molecule has 0 unspecified atom stereocenters. The lowest BCUT2D eigenvalue weighted by Crippen LogP contribution is -2.22. The SMILES string of the molecule is CC(C)c1csc(SN)c1.CCc1c(C)nc2c(c1NC(N)=O)CCC2. The summed E-state index contributed by atoms with van der Waals surface area (Å²) in [5.41, 5.74) is 11.9. The fourth-order valence-corrected chi connectivity index (χ4v) is 4.52. The van der Waals surface area contributed by atoms with E-state index >= 15 is 0 Å². The second kappa shape index (κ2) is 9.39. The van der Waals surface area contributed by atoms with Gasteiger partial charge >= 0.3 is 6.03 Å². The highest BCUT2D eigenvalue weighted by Crippen LogP contribution is 2.32. The molecule has 7 heteroatoms. The molecule has 2 amide bonds. The molecule has 0 aliphatic heterocycles. The summed E-state index contributed by atoms with van der Waals surface area (Å²) in [6.07, 6.45) is 3.98. The molecule has 0 bridgehead atoms. The monoisotopic (exact) mass is 392 g/mol. The van der Waals surface area contributed by atoms with Crippen LogP contribution < -0.4 is 16.2 Å². The number of urea groups is 1. The third-order valence-corrected chi connectivity index (χ3v) is 6.18. The fourth-order valence-electron chi connectivity index (χ4n) is 3.15. The van der Waals surface area contributed by atoms with Crippen molar-refractivity contribution in [1.29, 1.82) is 0 Å². The summed E-state index contributed by atoms with van der Waals surface area (Å²) in [4.78, 5) is 15.6. The maximum atomic E-state index is 11.0. The molecular weight excluding hydrogens is 364 g/mol. The van der Waals surface area contributed by atoms with Crippen LogP contribution in [0.5, 0.6) is 0 Å². The summed E-state index contributed by atoms with van der Waals surface area (Å²) in [6, 6.07) is 1.66. The number of anilines is 1. The number of hydrogen-bond donors (Lipinski definition) is 3. The molecule has 0 fully saturated rings. The van der Waals surface area contributed by atoms with Crippen LogP contribution in [0.3, 0.4) is 0 Å². The number of thiophene rings is 1. The number of fused-ring (bicyclic) bond motifs is 1. The second-order valence-corrected chi connectivity index (χ2v) is 8.49. The van der Waals surface area contributed by atoms with Crippen LogP contribution in [-0.4, -0.2) is 11.0 Å². The topological polar surface area (TPSA) is 94.0 Å². The van der Waals surface area contributed by atoms with Gasteiger partial charge in [0.1, 0.15) is 0 Å². The van der Waals surface area contributed by atoms with Crippen molar-refractivity contribution in [3.8, 4) is 0 Å². The second-order valence-electron chi connectivity index (χ2n) is 6.64. The molecule has 26 heavy (non-hydrogen) atoms. The summed E-state index contributed by atoms with van der Waals surface area (Å²) in [7, 11) is 0. The first-order valence-corrected chi connectivity index (χ1v) is 10.7. The Morgan fingerprint density at radius 3 is 2.65 bits per heavy atom. The van der Waals surface area contributed by atoms with Crippen LogP contribution in [0.1, 0.15) is 61.2 Å². The smallest absolute Gasteiger partial charge is 0.316 e. The molecule has 2 heterocycles. The van der Waals surface area contributed by atoms with Crippen LogP contribution in [0.4, 0.5) is 10.5 Å². The zero-order valence-corrected chi connectivity index (χ0v) is 17.5. The maximum Gasteiger partial charge on any atom is 0.316 e. The maximum absolute atomic E-state index is 11.0. The number of nitrogens with zero attached hydrogens (tertiary/aromatic N) is 1. The van der Waals surface area contributed by atoms with Gasteiger partial charge in [-0.15, -0.1) is 11.3 Å². The van der Waals surface area contributed by atoms with Gasteiger partial charge in [0.2, 0.25) is 0 Å². The number of hydrogen-bond acceptors (Lipinski definition) is 5. The minimum atomic E-state index is -0.491. The largest absolute Gasteiger partial charge is 0.351 e. The van der Waals surface area contributed by atoms with Gasteiger partial charge in [-0.2, -0.15) is 0 Å². The van der Waals surface area contributed by atoms with Gasteiger partial charge in [0, 0.05) is 11.4 Å². The van der Waals surface area contributed by atoms with Crippen LogP contribution in [-0.2, 0) is 19.3 Å². The lowest BCUT2D eigenvalue weighted by molar-refractivity contribution is 0.259. The van der Waals surface area contributed by atoms with E-state index in [1.807, 2.05) is 6.92 Å². The third-order valence-electron chi connectivity index (χ3n) is 4.51. The Balaban J connectivity index is 0.000000209. The Labute approximate surface area is 164 Å². The van der Waals surface area contributed by atoms with Gasteiger partial charge < -0.3 is 11.1 Å². The van der Waals surface area contributed by atoms with Crippen LogP contribution in [0.25, 0.3) is 0 Å². The van der Waals surface area contributed by atoms with E-state index in [0.717, 1.165) is 48.3 Å². The van der Waals surface area contributed by atoms with Crippen LogP contribution >= 0.6 is 23.3 Å². The van der Waals surface area contributed by atoms with E-state index in [1.165, 1.54) is 27.3 Å². The van der Waals surface area contributed by atoms with Crippen molar-refractivity contribution in [1.82, 2.24) is 4.98 Å². The molecule has 2 aromatic heterocycles. The van der Waals surface area contributed by atoms with Gasteiger partial charge in [-0.25, -0.2) is 4.79 Å². The molecule has 3 rings (SSSR count). The first-order valence-electron chi connectivity index (χ1n) is 8.90. The molecule has 1 aliphatic carbocycles. The molecule has 5 N–H and O–H groups in total. The number of carbonyl (C=O) groups is 1. The molecule has 0 atom stereocenters. The number of aryl methyl sites for hydroxylation is 2. The zero-order valence-electron chi connectivity index (χ0n) is 15.9. The van der Waals surface area contributed by atoms with Gasteiger partial charge in [0.05, 0.1) is 9.90 Å². The van der Waals surface area contributed by atoms with Crippen molar-refractivity contribution >= 4 is 35.0 Å². The van der Waals surface area contributed by atoms with Crippen molar-refractivity contribution < 1.29 is 4.79 Å². The van der Waals surface area contributed by atoms with Crippen molar-refractivity contribution in [2.24, 2.45) is 10.9 Å². The van der Waals surface area contributed by atoms with Crippen molar-refractivity contribution in [2.75, 3.05) is 5.32 Å². The molecule has 0 saturated heterocycles. The van der Waals surface area contributed by atoms with Crippen LogP contribution in [0, 0.1) is 6.92 Å². The predicted molar refractivity (Wildman–Crippen MR) is 112 cm³/mol. The van der Waals surface area contributed by atoms with Gasteiger partial charge in [-0.3, -0.25) is 10.1 Å². The number of nitrogens with one attached hydrogen (secondary N) is 1. The van der Waals surface area contributed by atoms with Gasteiger partial charge in [-0.05, 0) is 78.6 Å². The van der Waals surface area contributed by atoms with Crippen molar-refractivity contribution in [3.63, 3.8) is 0 Å². The Morgan fingerprint density at radius 2 is 2.15 bits per heavy atom. The average molecular weight is 393 g/mol. The Bertz CT molecular complexity index is 767. The molecule has 0 radical (unpaired) electrons. The summed E-state index contributed by atoms with van der Waals surface area (Å²) < 4.78 is 1.20. The minimum absolute atomic E-state index is 0.491. The molecule has 142 valence electrons. The van der Waals surface area contributed by atoms with E-state index in [4.69, 9.17) is 10.9 Å². The van der Waals surface area contributed by atoms with E-state index in [2.05, 4.69) is 42.5 Å². The van der Waals surface area contributed by atoms with Gasteiger partial charge in [0.15, 0.2) is 0 Å². The number of amides is 2. The lowest BCUT2D eigenvalue weighted by Gasteiger charge is -2.15. The highest BCUT2D eigenvalue weighted by Gasteiger charge is 2.21. The lowest BCUT2D eigenvalue weighted by atomic mass is 10.0. The predicted octanol–water partition coefficient (Wildman–Crippen LogP) is 4.77. The number of carbonyl (C=O) groups excluding carboxylic acids is 1. The van der Waals surface area contributed by atoms with E-state index in [1.54, 1.807) is 11.3 Å². The average Bonchev–Trinajstić information content (AvgIpc) is 3.24. The first kappa shape index (κ1) is 20.7. The Morgan fingerprint density at radius 1 is 1.42 bits per heavy atom. The summed E-state index contributed by atoms with van der Waals surface area (Å²) >= 11 is 3.04. The molecule has 5 nitrogen and oxygen atoms in total. The highest BCUT2D eigenvalue weighted by molar-refractivity contribution is 7.99. The van der Waals surface area contributed by atoms with E-state index < -0.39 is 6.03 Å². The van der Waals surface area contributed by atoms with Gasteiger partial charge in [-0.1, -0.05) is 20.8 Å². The highest BCUT2D eigenvalue weighted by atomic mass is 32.2. The fraction of sp³-hybridized carbons (Fsp3) is 0.474. The normalized spacial score (nSPS) is 12.5. The summed E-state index contributed by atoms with van der Waals surface area (Å²) in [6.45, 7) is 8.43. The number of pyridine rings is 1. The standard InChI is InChI=1S/C12H17N3O.C7H11NS2/c1-3-8-7(2)14-10-6-4-5-9(10)11(8)15-12(13)16;1-5(2)6-3-7(10-8)9-4-6/h3-6H2,1-2H3,(H3,13,14,15,16);3-5H,8H2,1-2H3. The number of rotatable bonds is 4. The van der Waals surface area contributed by atoms with Crippen molar-refractivity contribution in [2.45, 2.75) is 63.5 Å². The third kappa shape index (κ3) is 4.99. The van der Waals surface area contributed by atoms with Gasteiger partial charge in [0.25, 0.3) is 0 Å². The van der Waals surface area contributed by atoms with E-state index in [-0.39, 0.29) is 0 Å². The van der Waals surface area contributed by atoms with Crippen LogP contribution in [0.15, 0.2) is 15.7 Å². The molecule has 0 saturated carbocycles. The number of aromatic nitrogens is 1. The van der Waals surface area contributed by atoms with E-state index in [9.17, 15) is 4.79 Å². The summed E-state index contributed by atoms with van der Waals surface area (Å²) in [5, 5.41) is 10.3. The number of nitrogens with two attached hydrogens (primary N) is 2. The molecule has 0 spiro atoms. The van der Waals surface area contributed by atoms with E-state index in [0.29, 0.717) is 5.92 Å². The molecule has 0 aromatic carbocycles. The Kier molecular flexibility index (Phi) is 7.49. The molecule has 2 aromatic rings. The molecule has 1 aliphatic rings. The van der Waals surface area contributed by atoms with Crippen molar-refractivity contribution in [3.05, 3.63) is 39.5 Å². The Hall–Kier alpha value is -1.57. The first-order chi connectivity index (χ1) is 12.4. The number of primary amides is 1. The quantitative estimate of drug-likeness (QED) is 0.653. The zero-order chi connectivity index (χ0) is 19.3. The summed E-state index contributed by atoms with van der Waals surface area (Å²) in [5.74, 6) is 0.622. The minimum Gasteiger partial charge on any atom is -0.351 e. The van der Waals surface area contributed by atoms with Crippen LogP contribution in [0.2, 0.25) is 0 Å². The molecular formula is C19H28N4OS2.